The maximum Gasteiger partial charge on any atom is 0.305 e. The van der Waals surface area contributed by atoms with Gasteiger partial charge in [-0.2, -0.15) is 0 Å². The van der Waals surface area contributed by atoms with E-state index in [0.29, 0.717) is 10.7 Å². The summed E-state index contributed by atoms with van der Waals surface area (Å²) < 4.78 is 13.7. The number of carbonyl (C=O) groups excluding carboxylic acids is 2. The Morgan fingerprint density at radius 2 is 1.62 bits per heavy atom. The van der Waals surface area contributed by atoms with Gasteiger partial charge in [-0.25, -0.2) is 4.39 Å². The number of hydrogen-bond acceptors (Lipinski definition) is 5. The number of H-pyrrole nitrogens is 1. The lowest BCUT2D eigenvalue weighted by Crippen LogP contribution is -2.42. The van der Waals surface area contributed by atoms with E-state index in [1.165, 1.54) is 28.4 Å². The summed E-state index contributed by atoms with van der Waals surface area (Å²) in [5.41, 5.74) is 1.51. The van der Waals surface area contributed by atoms with Gasteiger partial charge in [-0.05, 0) is 66.1 Å². The number of amides is 2. The number of nitrogens with one attached hydrogen (secondary N) is 1. The summed E-state index contributed by atoms with van der Waals surface area (Å²) in [6.07, 6.45) is 0.820. The third kappa shape index (κ3) is 2.76. The quantitative estimate of drug-likeness (QED) is 0.495. The smallest absolute Gasteiger partial charge is 0.305 e. The van der Waals surface area contributed by atoms with Crippen molar-refractivity contribution in [3.8, 4) is 0 Å². The summed E-state index contributed by atoms with van der Waals surface area (Å²) in [6, 6.07) is 13.3. The Labute approximate surface area is 207 Å². The van der Waals surface area contributed by atoms with Gasteiger partial charge in [-0.3, -0.25) is 19.3 Å². The predicted molar refractivity (Wildman–Crippen MR) is 129 cm³/mol. The third-order valence-electron chi connectivity index (χ3n) is 8.04. The van der Waals surface area contributed by atoms with Crippen molar-refractivity contribution in [3.63, 3.8) is 0 Å². The van der Waals surface area contributed by atoms with Gasteiger partial charge in [0, 0.05) is 21.1 Å². The molecule has 0 unspecified atom stereocenters. The molecule has 2 amide bonds. The largest absolute Gasteiger partial charge is 0.307 e. The molecule has 0 radical (unpaired) electrons. The Morgan fingerprint density at radius 3 is 2.32 bits per heavy atom. The highest BCUT2D eigenvalue weighted by atomic mass is 35.5. The zero-order chi connectivity index (χ0) is 23.3. The van der Waals surface area contributed by atoms with Crippen molar-refractivity contribution >= 4 is 52.2 Å². The van der Waals surface area contributed by atoms with Crippen molar-refractivity contribution < 1.29 is 14.0 Å². The summed E-state index contributed by atoms with van der Waals surface area (Å²) in [5, 5.41) is 1.51. The van der Waals surface area contributed by atoms with Crippen LogP contribution in [0.25, 0.3) is 0 Å². The van der Waals surface area contributed by atoms with Gasteiger partial charge in [0.15, 0.2) is 0 Å². The van der Waals surface area contributed by atoms with Crippen LogP contribution in [0.3, 0.4) is 0 Å². The number of thioether (sulfide) groups is 1. The van der Waals surface area contributed by atoms with Crippen LogP contribution in [0.5, 0.6) is 0 Å². The molecule has 2 bridgehead atoms. The highest BCUT2D eigenvalue weighted by Crippen LogP contribution is 2.68. The summed E-state index contributed by atoms with van der Waals surface area (Å²) >= 11 is 8.86. The molecule has 1 saturated heterocycles. The molecule has 34 heavy (non-hydrogen) atoms. The molecule has 2 aliphatic carbocycles. The van der Waals surface area contributed by atoms with Crippen molar-refractivity contribution in [2.24, 2.45) is 29.6 Å². The maximum atomic E-state index is 13.7. The lowest BCUT2D eigenvalue weighted by molar-refractivity contribution is -0.123. The zero-order valence-electron chi connectivity index (χ0n) is 17.6. The highest BCUT2D eigenvalue weighted by Gasteiger charge is 2.69. The summed E-state index contributed by atoms with van der Waals surface area (Å²) in [7, 11) is 0. The van der Waals surface area contributed by atoms with Crippen molar-refractivity contribution in [2.45, 2.75) is 22.6 Å². The molecule has 2 saturated carbocycles. The molecule has 172 valence electrons. The second-order valence-corrected chi connectivity index (χ2v) is 12.1. The first-order chi connectivity index (χ1) is 16.4. The number of thiazole rings is 1. The molecule has 1 aromatic heterocycles. The molecular weight excluding hydrogens is 495 g/mol. The summed E-state index contributed by atoms with van der Waals surface area (Å²) in [5.74, 6) is -1.21. The lowest BCUT2D eigenvalue weighted by atomic mass is 9.68. The van der Waals surface area contributed by atoms with Crippen LogP contribution in [0.15, 0.2) is 58.4 Å². The van der Waals surface area contributed by atoms with Crippen molar-refractivity contribution in [1.82, 2.24) is 4.98 Å². The first kappa shape index (κ1) is 20.9. The highest BCUT2D eigenvalue weighted by molar-refractivity contribution is 8.00. The topological polar surface area (TPSA) is 70.2 Å². The van der Waals surface area contributed by atoms with Gasteiger partial charge in [0.25, 0.3) is 0 Å². The normalized spacial score (nSPS) is 33.2. The molecule has 3 fully saturated rings. The van der Waals surface area contributed by atoms with E-state index in [-0.39, 0.29) is 63.3 Å². The molecule has 4 aliphatic rings. The molecule has 2 aromatic carbocycles. The molecule has 7 atom stereocenters. The molecule has 3 heterocycles. The van der Waals surface area contributed by atoms with Crippen LogP contribution < -0.4 is 9.77 Å². The fourth-order valence-corrected chi connectivity index (χ4v) is 9.92. The van der Waals surface area contributed by atoms with Crippen LogP contribution in [0, 0.1) is 35.4 Å². The number of benzene rings is 2. The molecule has 3 aromatic rings. The fraction of sp³-hybridized carbons (Fsp3) is 0.320. The van der Waals surface area contributed by atoms with Crippen LogP contribution >= 0.6 is 34.7 Å². The molecule has 2 aliphatic heterocycles. The van der Waals surface area contributed by atoms with Gasteiger partial charge < -0.3 is 4.98 Å². The maximum absolute atomic E-state index is 13.7. The second kappa shape index (κ2) is 7.29. The summed E-state index contributed by atoms with van der Waals surface area (Å²) in [6.45, 7) is 0. The Bertz CT molecular complexity index is 1400. The van der Waals surface area contributed by atoms with Gasteiger partial charge >= 0.3 is 4.87 Å². The van der Waals surface area contributed by atoms with E-state index in [1.54, 1.807) is 48.2 Å². The van der Waals surface area contributed by atoms with Crippen LogP contribution in [-0.2, 0) is 9.59 Å². The standard InChI is InChI=1S/C25H18ClFN2O3S2/c26-11-3-7-13(8-4-11)29-23(30)18-14-9-15(19(18)24(29)31)20-17(14)16(10-1-5-12(27)6-2-10)21-22(33-20)28-25(32)34-21/h1-8,14-20H,9H2,(H,28,32)/t14-,15-,16+,17-,18+,19-,20+/m1/s1. The SMILES string of the molecule is O=C1[C@@H]2[C@H]3C[C@@H]([C@@H]2C(=O)N1c1ccc(Cl)cc1)[C@@H]1[C@H](c2ccc(F)cc2)c2sc(=O)[nH]c2S[C@@H]31. The Balaban J connectivity index is 1.32. The number of aromatic nitrogens is 1. The van der Waals surface area contributed by atoms with Gasteiger partial charge in [0.2, 0.25) is 11.8 Å². The predicted octanol–water partition coefficient (Wildman–Crippen LogP) is 4.91. The van der Waals surface area contributed by atoms with Crippen molar-refractivity contribution in [3.05, 3.63) is 79.5 Å². The van der Waals surface area contributed by atoms with E-state index in [4.69, 9.17) is 11.6 Å². The first-order valence-corrected chi connectivity index (χ1v) is 13.3. The number of anilines is 1. The average molecular weight is 513 g/mol. The van der Waals surface area contributed by atoms with Gasteiger partial charge in [-0.15, -0.1) is 11.8 Å². The minimum Gasteiger partial charge on any atom is -0.307 e. The first-order valence-electron chi connectivity index (χ1n) is 11.2. The number of rotatable bonds is 2. The molecule has 0 spiro atoms. The number of carbonyl (C=O) groups is 2. The van der Waals surface area contributed by atoms with E-state index in [9.17, 15) is 18.8 Å². The zero-order valence-corrected chi connectivity index (χ0v) is 20.0. The monoisotopic (exact) mass is 512 g/mol. The summed E-state index contributed by atoms with van der Waals surface area (Å²) in [4.78, 5) is 44.6. The number of aromatic amines is 1. The minimum atomic E-state index is -0.366. The average Bonchev–Trinajstić information content (AvgIpc) is 3.54. The molecule has 5 nitrogen and oxygen atoms in total. The minimum absolute atomic E-state index is 0.0293. The van der Waals surface area contributed by atoms with E-state index in [2.05, 4.69) is 4.98 Å². The van der Waals surface area contributed by atoms with Crippen molar-refractivity contribution in [2.75, 3.05) is 4.90 Å². The van der Waals surface area contributed by atoms with Gasteiger partial charge in [-0.1, -0.05) is 35.1 Å². The van der Waals surface area contributed by atoms with Crippen LogP contribution in [0.4, 0.5) is 10.1 Å². The number of halogens is 2. The number of nitrogens with zero attached hydrogens (tertiary/aromatic N) is 1. The van der Waals surface area contributed by atoms with Crippen molar-refractivity contribution in [1.29, 1.82) is 0 Å². The van der Waals surface area contributed by atoms with Gasteiger partial charge in [0.1, 0.15) is 5.82 Å². The fourth-order valence-electron chi connectivity index (χ4n) is 6.90. The van der Waals surface area contributed by atoms with E-state index in [1.807, 2.05) is 0 Å². The second-order valence-electron chi connectivity index (χ2n) is 9.50. The van der Waals surface area contributed by atoms with Crippen LogP contribution in [-0.4, -0.2) is 22.0 Å². The lowest BCUT2D eigenvalue weighted by Gasteiger charge is -2.43. The molecule has 9 heteroatoms. The Kier molecular flexibility index (Phi) is 4.48. The molecular formula is C25H18ClFN2O3S2. The number of imide groups is 1. The van der Waals surface area contributed by atoms with E-state index < -0.39 is 0 Å². The van der Waals surface area contributed by atoms with Gasteiger partial charge in [0.05, 0.1) is 22.5 Å². The van der Waals surface area contributed by atoms with E-state index >= 15 is 0 Å². The third-order valence-corrected chi connectivity index (χ3v) is 10.9. The Morgan fingerprint density at radius 1 is 0.941 bits per heavy atom. The van der Waals surface area contributed by atoms with Crippen LogP contribution in [0.2, 0.25) is 5.02 Å². The van der Waals surface area contributed by atoms with Crippen LogP contribution in [0.1, 0.15) is 22.8 Å². The molecule has 1 N–H and O–H groups in total. The Hall–Kier alpha value is -2.42. The number of fused-ring (bicyclic) bond motifs is 9. The molecule has 7 rings (SSSR count). The van der Waals surface area contributed by atoms with E-state index in [0.717, 1.165) is 21.9 Å². The number of hydrogen-bond donors (Lipinski definition) is 1.